The van der Waals surface area contributed by atoms with Gasteiger partial charge in [-0.15, -0.1) is 0 Å². The van der Waals surface area contributed by atoms with Crippen LogP contribution in [0.15, 0.2) is 24.4 Å². The average Bonchev–Trinajstić information content (AvgIpc) is 2.73. The highest BCUT2D eigenvalue weighted by Crippen LogP contribution is 2.27. The van der Waals surface area contributed by atoms with Crippen molar-refractivity contribution in [3.63, 3.8) is 0 Å². The smallest absolute Gasteiger partial charge is 0.410 e. The summed E-state index contributed by atoms with van der Waals surface area (Å²) in [7, 11) is 0. The van der Waals surface area contributed by atoms with Crippen LogP contribution in [0.1, 0.15) is 54.9 Å². The van der Waals surface area contributed by atoms with E-state index in [1.807, 2.05) is 40.7 Å². The van der Waals surface area contributed by atoms with Crippen LogP contribution in [0, 0.1) is 24.9 Å². The fourth-order valence-electron chi connectivity index (χ4n) is 3.96. The van der Waals surface area contributed by atoms with Crippen molar-refractivity contribution in [2.75, 3.05) is 25.0 Å². The van der Waals surface area contributed by atoms with Gasteiger partial charge in [-0.1, -0.05) is 11.6 Å². The van der Waals surface area contributed by atoms with Gasteiger partial charge >= 0.3 is 6.09 Å². The molecule has 2 aromatic rings. The molecule has 1 aromatic heterocycles. The van der Waals surface area contributed by atoms with Crippen LogP contribution in [0.3, 0.4) is 0 Å². The standard InChI is InChI=1S/C25H32ClFN4O4/c1-15-12-29(7-8-30(15)24(33)35-25(4,5)6)13-18-9-20(26)11-22(16(18)2)28-23(32)19-10-21(27)17(3)31(34)14-19/h9-11,14-15H,7-8,12-13H2,1-6H3,(H,28,32)/t15-/m0/s1. The molecule has 2 amide bonds. The van der Waals surface area contributed by atoms with Crippen LogP contribution in [0.4, 0.5) is 14.9 Å². The normalized spacial score (nSPS) is 16.8. The molecule has 1 N–H and O–H groups in total. The maximum Gasteiger partial charge on any atom is 0.410 e. The van der Waals surface area contributed by atoms with Crippen LogP contribution in [-0.2, 0) is 11.3 Å². The first kappa shape index (κ1) is 26.7. The van der Waals surface area contributed by atoms with E-state index >= 15 is 0 Å². The zero-order valence-corrected chi connectivity index (χ0v) is 21.7. The Hall–Kier alpha value is -2.91. The molecule has 1 fully saturated rings. The lowest BCUT2D eigenvalue weighted by molar-refractivity contribution is -0.614. The van der Waals surface area contributed by atoms with Crippen LogP contribution in [0.5, 0.6) is 0 Å². The number of carbonyl (C=O) groups is 2. The molecule has 1 atom stereocenters. The molecule has 0 radical (unpaired) electrons. The van der Waals surface area contributed by atoms with Gasteiger partial charge in [-0.2, -0.15) is 9.12 Å². The van der Waals surface area contributed by atoms with Crippen molar-refractivity contribution in [2.45, 2.75) is 59.7 Å². The number of anilines is 1. The van der Waals surface area contributed by atoms with E-state index in [1.165, 1.54) is 6.92 Å². The van der Waals surface area contributed by atoms with Crippen LogP contribution in [0.2, 0.25) is 5.02 Å². The Labute approximate surface area is 210 Å². The van der Waals surface area contributed by atoms with Gasteiger partial charge in [0.15, 0.2) is 12.0 Å². The van der Waals surface area contributed by atoms with Crippen LogP contribution in [-0.4, -0.2) is 53.1 Å². The van der Waals surface area contributed by atoms with E-state index < -0.39 is 17.3 Å². The number of carbonyl (C=O) groups excluding carboxylic acids is 2. The highest BCUT2D eigenvalue weighted by molar-refractivity contribution is 6.31. The fraction of sp³-hybridized carbons (Fsp3) is 0.480. The summed E-state index contributed by atoms with van der Waals surface area (Å²) in [5.41, 5.74) is 1.47. The molecule has 3 rings (SSSR count). The van der Waals surface area contributed by atoms with Crippen LogP contribution >= 0.6 is 11.6 Å². The summed E-state index contributed by atoms with van der Waals surface area (Å²) in [4.78, 5) is 29.2. The van der Waals surface area contributed by atoms with Crippen molar-refractivity contribution in [2.24, 2.45) is 0 Å². The second-order valence-corrected chi connectivity index (χ2v) is 10.4. The molecule has 1 aliphatic heterocycles. The summed E-state index contributed by atoms with van der Waals surface area (Å²) >= 11 is 6.34. The monoisotopic (exact) mass is 506 g/mol. The molecule has 0 spiro atoms. The zero-order valence-electron chi connectivity index (χ0n) is 20.9. The maximum atomic E-state index is 13.9. The number of ether oxygens (including phenoxy) is 1. The number of hydrogen-bond donors (Lipinski definition) is 1. The topological polar surface area (TPSA) is 88.8 Å². The molecule has 0 aliphatic carbocycles. The summed E-state index contributed by atoms with van der Waals surface area (Å²) in [5, 5.41) is 15.0. The lowest BCUT2D eigenvalue weighted by Crippen LogP contribution is -2.54. The predicted molar refractivity (Wildman–Crippen MR) is 132 cm³/mol. The minimum Gasteiger partial charge on any atom is -0.618 e. The van der Waals surface area contributed by atoms with Gasteiger partial charge in [0.05, 0.1) is 0 Å². The van der Waals surface area contributed by atoms with Crippen molar-refractivity contribution in [1.82, 2.24) is 9.80 Å². The van der Waals surface area contributed by atoms with E-state index in [-0.39, 0.29) is 23.4 Å². The molecular weight excluding hydrogens is 475 g/mol. The third-order valence-electron chi connectivity index (χ3n) is 5.94. The Kier molecular flexibility index (Phi) is 7.91. The molecule has 10 heteroatoms. The van der Waals surface area contributed by atoms with Crippen molar-refractivity contribution < 1.29 is 23.4 Å². The van der Waals surface area contributed by atoms with E-state index in [4.69, 9.17) is 16.3 Å². The summed E-state index contributed by atoms with van der Waals surface area (Å²) < 4.78 is 19.8. The Bertz CT molecular complexity index is 1110. The summed E-state index contributed by atoms with van der Waals surface area (Å²) in [6.45, 7) is 13.1. The van der Waals surface area contributed by atoms with Crippen molar-refractivity contribution in [1.29, 1.82) is 0 Å². The molecule has 0 saturated carbocycles. The first-order valence-corrected chi connectivity index (χ1v) is 11.8. The molecular formula is C25H32ClFN4O4. The van der Waals surface area contributed by atoms with Crippen molar-refractivity contribution >= 4 is 29.3 Å². The lowest BCUT2D eigenvalue weighted by atomic mass is 10.0. The quantitative estimate of drug-likeness (QED) is 0.489. The van der Waals surface area contributed by atoms with Gasteiger partial charge in [-0.25, -0.2) is 4.79 Å². The van der Waals surface area contributed by atoms with E-state index in [9.17, 15) is 19.2 Å². The number of rotatable bonds is 4. The van der Waals surface area contributed by atoms with Gasteiger partial charge < -0.3 is 20.2 Å². The predicted octanol–water partition coefficient (Wildman–Crippen LogP) is 4.42. The van der Waals surface area contributed by atoms with Gasteiger partial charge in [0.25, 0.3) is 5.91 Å². The minimum atomic E-state index is -0.754. The number of halogens is 2. The van der Waals surface area contributed by atoms with Gasteiger partial charge in [0, 0.05) is 49.9 Å². The van der Waals surface area contributed by atoms with Crippen molar-refractivity contribution in [3.05, 3.63) is 62.8 Å². The number of aromatic nitrogens is 1. The molecule has 8 nitrogen and oxygen atoms in total. The fourth-order valence-corrected chi connectivity index (χ4v) is 4.21. The maximum absolute atomic E-state index is 13.9. The molecule has 1 aromatic carbocycles. The largest absolute Gasteiger partial charge is 0.618 e. The highest BCUT2D eigenvalue weighted by atomic mass is 35.5. The minimum absolute atomic E-state index is 0.0347. The third kappa shape index (κ3) is 6.61. The van der Waals surface area contributed by atoms with Crippen LogP contribution < -0.4 is 10.0 Å². The number of nitrogens with one attached hydrogen (secondary N) is 1. The molecule has 0 bridgehead atoms. The van der Waals surface area contributed by atoms with Gasteiger partial charge in [0.1, 0.15) is 11.2 Å². The van der Waals surface area contributed by atoms with E-state index in [1.54, 1.807) is 11.0 Å². The molecule has 35 heavy (non-hydrogen) atoms. The number of benzene rings is 1. The van der Waals surface area contributed by atoms with E-state index in [2.05, 4.69) is 10.2 Å². The Morgan fingerprint density at radius 1 is 1.26 bits per heavy atom. The molecule has 1 aliphatic rings. The molecule has 1 saturated heterocycles. The number of piperazine rings is 1. The number of hydrogen-bond acceptors (Lipinski definition) is 5. The number of nitrogens with zero attached hydrogens (tertiary/aromatic N) is 3. The van der Waals surface area contributed by atoms with Crippen molar-refractivity contribution in [3.8, 4) is 0 Å². The highest BCUT2D eigenvalue weighted by Gasteiger charge is 2.31. The first-order valence-electron chi connectivity index (χ1n) is 11.5. The lowest BCUT2D eigenvalue weighted by Gasteiger charge is -2.40. The Balaban J connectivity index is 1.72. The molecule has 190 valence electrons. The molecule has 0 unspecified atom stereocenters. The van der Waals surface area contributed by atoms with Gasteiger partial charge in [-0.3, -0.25) is 9.69 Å². The number of amides is 2. The summed E-state index contributed by atoms with van der Waals surface area (Å²) in [6.07, 6.45) is 0.723. The second kappa shape index (κ2) is 10.4. The Morgan fingerprint density at radius 3 is 2.54 bits per heavy atom. The SMILES string of the molecule is Cc1c(CN2CCN(C(=O)OC(C)(C)C)[C@@H](C)C2)cc(Cl)cc1NC(=O)c1cc(F)c(C)[n+]([O-])c1. The summed E-state index contributed by atoms with van der Waals surface area (Å²) in [6, 6.07) is 4.46. The summed E-state index contributed by atoms with van der Waals surface area (Å²) in [5.74, 6) is -1.36. The zero-order chi connectivity index (χ0) is 26.1. The first-order chi connectivity index (χ1) is 16.2. The van der Waals surface area contributed by atoms with Crippen LogP contribution in [0.25, 0.3) is 0 Å². The van der Waals surface area contributed by atoms with E-state index in [0.717, 1.165) is 23.4 Å². The Morgan fingerprint density at radius 2 is 1.94 bits per heavy atom. The van der Waals surface area contributed by atoms with Gasteiger partial charge in [-0.05, 0) is 63.9 Å². The molecule has 2 heterocycles. The van der Waals surface area contributed by atoms with E-state index in [0.29, 0.717) is 41.6 Å². The number of pyridine rings is 1. The third-order valence-corrected chi connectivity index (χ3v) is 6.16. The van der Waals surface area contributed by atoms with Gasteiger partial charge in [0.2, 0.25) is 5.69 Å². The second-order valence-electron chi connectivity index (χ2n) is 9.94. The average molecular weight is 507 g/mol.